The molecule has 150 valence electrons. The van der Waals surface area contributed by atoms with Crippen molar-refractivity contribution in [3.05, 3.63) is 42.0 Å². The second kappa shape index (κ2) is 12.4. The number of halogens is 3. The number of rotatable bonds is 9. The number of nitrogens with zero attached hydrogens (tertiary/aromatic N) is 4. The number of nitrogens with one attached hydrogen (secondary N) is 2. The van der Waals surface area contributed by atoms with Crippen LogP contribution in [-0.4, -0.2) is 47.0 Å². The summed E-state index contributed by atoms with van der Waals surface area (Å²) < 4.78 is 33.6. The Morgan fingerprint density at radius 3 is 2.78 bits per heavy atom. The fourth-order valence-electron chi connectivity index (χ4n) is 2.27. The monoisotopic (exact) mass is 494 g/mol. The first-order valence-electron chi connectivity index (χ1n) is 8.60. The van der Waals surface area contributed by atoms with Gasteiger partial charge in [-0.1, -0.05) is 6.92 Å². The predicted octanol–water partition coefficient (Wildman–Crippen LogP) is 2.37. The summed E-state index contributed by atoms with van der Waals surface area (Å²) in [6.07, 6.45) is 2.51. The molecular formula is C17H25F2IN6O. The molecule has 0 atom stereocenters. The van der Waals surface area contributed by atoms with E-state index in [0.717, 1.165) is 24.4 Å². The lowest BCUT2D eigenvalue weighted by Crippen LogP contribution is -2.39. The van der Waals surface area contributed by atoms with Crippen molar-refractivity contribution < 1.29 is 13.5 Å². The molecule has 1 heterocycles. The molecule has 2 N–H and O–H groups in total. The summed E-state index contributed by atoms with van der Waals surface area (Å²) in [7, 11) is 0. The lowest BCUT2D eigenvalue weighted by molar-refractivity contribution is 0.304. The third kappa shape index (κ3) is 7.65. The molecule has 10 heteroatoms. The van der Waals surface area contributed by atoms with Crippen LogP contribution in [0.4, 0.5) is 8.78 Å². The zero-order valence-electron chi connectivity index (χ0n) is 15.4. The zero-order chi connectivity index (χ0) is 18.8. The fourth-order valence-corrected chi connectivity index (χ4v) is 2.27. The summed E-state index contributed by atoms with van der Waals surface area (Å²) in [5.74, 6) is 0.240. The molecule has 0 amide bonds. The Hall–Kier alpha value is -1.98. The van der Waals surface area contributed by atoms with E-state index in [-0.39, 0.29) is 36.3 Å². The molecule has 0 aliphatic rings. The largest absolute Gasteiger partial charge is 0.489 e. The highest BCUT2D eigenvalue weighted by Crippen LogP contribution is 2.17. The van der Waals surface area contributed by atoms with Crippen molar-refractivity contribution in [2.45, 2.75) is 26.8 Å². The molecule has 2 aromatic rings. The van der Waals surface area contributed by atoms with Gasteiger partial charge in [0.25, 0.3) is 0 Å². The molecular weight excluding hydrogens is 469 g/mol. The number of aryl methyl sites for hydroxylation is 1. The minimum Gasteiger partial charge on any atom is -0.489 e. The Morgan fingerprint density at radius 2 is 2.07 bits per heavy atom. The van der Waals surface area contributed by atoms with E-state index >= 15 is 0 Å². The van der Waals surface area contributed by atoms with Crippen molar-refractivity contribution in [1.29, 1.82) is 0 Å². The Bertz CT molecular complexity index is 725. The minimum absolute atomic E-state index is 0. The first-order valence-corrected chi connectivity index (χ1v) is 8.60. The van der Waals surface area contributed by atoms with Gasteiger partial charge in [0.1, 0.15) is 24.6 Å². The van der Waals surface area contributed by atoms with Crippen molar-refractivity contribution in [2.75, 3.05) is 26.2 Å². The van der Waals surface area contributed by atoms with Gasteiger partial charge >= 0.3 is 0 Å². The molecule has 0 fully saturated rings. The minimum atomic E-state index is -0.716. The van der Waals surface area contributed by atoms with Gasteiger partial charge in [0.15, 0.2) is 17.5 Å². The third-order valence-corrected chi connectivity index (χ3v) is 3.51. The molecule has 0 aliphatic heterocycles. The molecule has 0 unspecified atom stereocenters. The van der Waals surface area contributed by atoms with Crippen molar-refractivity contribution in [3.8, 4) is 5.75 Å². The highest BCUT2D eigenvalue weighted by Gasteiger charge is 2.05. The van der Waals surface area contributed by atoms with E-state index in [4.69, 9.17) is 4.74 Å². The topological polar surface area (TPSA) is 76.4 Å². The highest BCUT2D eigenvalue weighted by atomic mass is 127. The molecule has 7 nitrogen and oxygen atoms in total. The van der Waals surface area contributed by atoms with Gasteiger partial charge in [-0.2, -0.15) is 0 Å². The summed E-state index contributed by atoms with van der Waals surface area (Å²) in [4.78, 5) is 4.48. The number of ether oxygens (including phenoxy) is 1. The van der Waals surface area contributed by atoms with Gasteiger partial charge < -0.3 is 19.9 Å². The van der Waals surface area contributed by atoms with Crippen LogP contribution in [0.15, 0.2) is 29.5 Å². The number of benzene rings is 1. The van der Waals surface area contributed by atoms with E-state index in [1.165, 1.54) is 6.07 Å². The number of aromatic nitrogens is 3. The lowest BCUT2D eigenvalue weighted by atomic mass is 10.3. The molecule has 0 radical (unpaired) electrons. The number of aliphatic imine (C=N–C) groups is 1. The SMILES string of the molecule is CCNC(=NCCn1cnnc1CC)NCCOc1ccc(F)cc1F.I. The number of hydrogen-bond acceptors (Lipinski definition) is 4. The maximum atomic E-state index is 13.5. The Balaban J connectivity index is 0.00000364. The normalized spacial score (nSPS) is 11.0. The predicted molar refractivity (Wildman–Crippen MR) is 111 cm³/mol. The summed E-state index contributed by atoms with van der Waals surface area (Å²) in [5.41, 5.74) is 0. The fraction of sp³-hybridized carbons (Fsp3) is 0.471. The number of guanidine groups is 1. The second-order valence-electron chi connectivity index (χ2n) is 5.40. The molecule has 1 aromatic heterocycles. The van der Waals surface area contributed by atoms with Crippen molar-refractivity contribution in [3.63, 3.8) is 0 Å². The molecule has 0 saturated heterocycles. The van der Waals surface area contributed by atoms with Crippen LogP contribution in [0.2, 0.25) is 0 Å². The zero-order valence-corrected chi connectivity index (χ0v) is 17.7. The molecule has 27 heavy (non-hydrogen) atoms. The lowest BCUT2D eigenvalue weighted by Gasteiger charge is -2.12. The Kier molecular flexibility index (Phi) is 10.6. The van der Waals surface area contributed by atoms with Crippen LogP contribution >= 0.6 is 24.0 Å². The van der Waals surface area contributed by atoms with Crippen molar-refractivity contribution >= 4 is 29.9 Å². The Labute approximate surface area is 174 Å². The Morgan fingerprint density at radius 1 is 1.26 bits per heavy atom. The first-order chi connectivity index (χ1) is 12.6. The summed E-state index contributed by atoms with van der Waals surface area (Å²) >= 11 is 0. The maximum absolute atomic E-state index is 13.5. The summed E-state index contributed by atoms with van der Waals surface area (Å²) in [6.45, 7) is 6.60. The number of hydrogen-bond donors (Lipinski definition) is 2. The summed E-state index contributed by atoms with van der Waals surface area (Å²) in [5, 5.41) is 14.2. The molecule has 1 aromatic carbocycles. The summed E-state index contributed by atoms with van der Waals surface area (Å²) in [6, 6.07) is 3.23. The highest BCUT2D eigenvalue weighted by molar-refractivity contribution is 14.0. The quantitative estimate of drug-likeness (QED) is 0.242. The maximum Gasteiger partial charge on any atom is 0.191 e. The van der Waals surface area contributed by atoms with Gasteiger partial charge in [0.05, 0.1) is 13.1 Å². The van der Waals surface area contributed by atoms with Crippen LogP contribution in [0.25, 0.3) is 0 Å². The average Bonchev–Trinajstić information content (AvgIpc) is 3.07. The second-order valence-corrected chi connectivity index (χ2v) is 5.40. The third-order valence-electron chi connectivity index (χ3n) is 3.51. The molecule has 0 spiro atoms. The van der Waals surface area contributed by atoms with Crippen molar-refractivity contribution in [1.82, 2.24) is 25.4 Å². The van der Waals surface area contributed by atoms with Crippen LogP contribution in [0.1, 0.15) is 19.7 Å². The van der Waals surface area contributed by atoms with Gasteiger partial charge in [0, 0.05) is 25.6 Å². The van der Waals surface area contributed by atoms with E-state index in [0.29, 0.717) is 32.1 Å². The molecule has 0 aliphatic carbocycles. The molecule has 0 saturated carbocycles. The van der Waals surface area contributed by atoms with Gasteiger partial charge in [-0.05, 0) is 19.1 Å². The van der Waals surface area contributed by atoms with Crippen LogP contribution < -0.4 is 15.4 Å². The van der Waals surface area contributed by atoms with Gasteiger partial charge in [-0.15, -0.1) is 34.2 Å². The van der Waals surface area contributed by atoms with E-state index in [2.05, 4.69) is 25.8 Å². The first kappa shape index (κ1) is 23.1. The smallest absolute Gasteiger partial charge is 0.191 e. The molecule has 2 rings (SSSR count). The van der Waals surface area contributed by atoms with Crippen LogP contribution in [0.5, 0.6) is 5.75 Å². The van der Waals surface area contributed by atoms with Gasteiger partial charge in [-0.25, -0.2) is 8.78 Å². The standard InChI is InChI=1S/C17H24F2N6O.HI/c1-3-16-24-23-12-25(16)9-7-21-17(20-4-2)22-8-10-26-15-6-5-13(18)11-14(15)19;/h5-6,11-12H,3-4,7-10H2,1-2H3,(H2,20,21,22);1H. The van der Waals surface area contributed by atoms with Crippen molar-refractivity contribution in [2.24, 2.45) is 4.99 Å². The van der Waals surface area contributed by atoms with Crippen LogP contribution in [0, 0.1) is 11.6 Å². The van der Waals surface area contributed by atoms with E-state index in [1.54, 1.807) is 6.33 Å². The van der Waals surface area contributed by atoms with E-state index in [9.17, 15) is 8.78 Å². The van der Waals surface area contributed by atoms with Crippen LogP contribution in [-0.2, 0) is 13.0 Å². The molecule has 0 bridgehead atoms. The van der Waals surface area contributed by atoms with Crippen LogP contribution in [0.3, 0.4) is 0 Å². The van der Waals surface area contributed by atoms with E-state index in [1.807, 2.05) is 18.4 Å². The van der Waals surface area contributed by atoms with Gasteiger partial charge in [-0.3, -0.25) is 4.99 Å². The van der Waals surface area contributed by atoms with E-state index < -0.39 is 11.6 Å². The van der Waals surface area contributed by atoms with Gasteiger partial charge in [0.2, 0.25) is 0 Å². The average molecular weight is 494 g/mol.